The van der Waals surface area contributed by atoms with E-state index >= 15 is 0 Å². The van der Waals surface area contributed by atoms with Crippen LogP contribution in [-0.2, 0) is 12.8 Å². The van der Waals surface area contributed by atoms with Crippen molar-refractivity contribution < 1.29 is 15.0 Å². The Hall–Kier alpha value is -2.99. The average molecular weight is 473 g/mol. The summed E-state index contributed by atoms with van der Waals surface area (Å²) < 4.78 is 0. The van der Waals surface area contributed by atoms with Gasteiger partial charge in [-0.05, 0) is 80.0 Å². The predicted octanol–water partition coefficient (Wildman–Crippen LogP) is 5.24. The number of nitrogens with zero attached hydrogens (tertiary/aromatic N) is 2. The van der Waals surface area contributed by atoms with Crippen molar-refractivity contribution in [3.63, 3.8) is 0 Å². The number of carbonyl (C=O) groups is 1. The maximum absolute atomic E-state index is 13.2. The number of fused-ring (bicyclic) bond motifs is 1. The minimum atomic E-state index is -0.507. The standard InChI is InChI=1S/C30H36N2O3/c1-4-29(34)32(22(3)23-11-6-5-7-12-23)27-17-15-24-18-26(16-14-25(24)19-27)31(20-33)30(35)28-13-9-8-10-21(28)2/h5-14,16,18,22,27,29,33-34H,4,15,17,19-20H2,1-3H3. The van der Waals surface area contributed by atoms with Crippen LogP contribution in [0.2, 0.25) is 0 Å². The summed E-state index contributed by atoms with van der Waals surface area (Å²) in [6, 6.07) is 24.2. The molecule has 1 amide bonds. The fourth-order valence-electron chi connectivity index (χ4n) is 5.30. The van der Waals surface area contributed by atoms with Crippen molar-refractivity contribution in [1.82, 2.24) is 4.90 Å². The fraction of sp³-hybridized carbons (Fsp3) is 0.367. The molecule has 3 aromatic carbocycles. The second kappa shape index (κ2) is 11.2. The molecule has 0 heterocycles. The van der Waals surface area contributed by atoms with Gasteiger partial charge in [0.15, 0.2) is 0 Å². The minimum Gasteiger partial charge on any atom is -0.378 e. The van der Waals surface area contributed by atoms with E-state index in [2.05, 4.69) is 30.0 Å². The van der Waals surface area contributed by atoms with Gasteiger partial charge < -0.3 is 10.2 Å². The van der Waals surface area contributed by atoms with E-state index in [4.69, 9.17) is 0 Å². The molecule has 1 aliphatic rings. The first-order valence-electron chi connectivity index (χ1n) is 12.5. The molecule has 0 saturated heterocycles. The zero-order valence-electron chi connectivity index (χ0n) is 20.9. The number of aliphatic hydroxyl groups is 2. The third-order valence-electron chi connectivity index (χ3n) is 7.33. The molecule has 5 nitrogen and oxygen atoms in total. The van der Waals surface area contributed by atoms with Crippen LogP contribution in [0.4, 0.5) is 5.69 Å². The monoisotopic (exact) mass is 472 g/mol. The SMILES string of the molecule is CCC(O)N(C1CCc2cc(N(CO)C(=O)c3ccccc3C)ccc2C1)C(C)c1ccccc1. The first-order chi connectivity index (χ1) is 16.9. The van der Waals surface area contributed by atoms with Crippen LogP contribution in [0, 0.1) is 6.92 Å². The van der Waals surface area contributed by atoms with Gasteiger partial charge in [0.2, 0.25) is 0 Å². The average Bonchev–Trinajstić information content (AvgIpc) is 2.89. The molecule has 0 radical (unpaired) electrons. The summed E-state index contributed by atoms with van der Waals surface area (Å²) in [5.41, 5.74) is 5.83. The van der Waals surface area contributed by atoms with Gasteiger partial charge in [0, 0.05) is 23.3 Å². The van der Waals surface area contributed by atoms with Gasteiger partial charge in [-0.25, -0.2) is 0 Å². The van der Waals surface area contributed by atoms with Gasteiger partial charge in [-0.2, -0.15) is 0 Å². The Morgan fingerprint density at radius 2 is 1.74 bits per heavy atom. The highest BCUT2D eigenvalue weighted by Crippen LogP contribution is 2.34. The highest BCUT2D eigenvalue weighted by atomic mass is 16.3. The number of hydrogen-bond donors (Lipinski definition) is 2. The van der Waals surface area contributed by atoms with Crippen LogP contribution < -0.4 is 4.90 Å². The van der Waals surface area contributed by atoms with E-state index < -0.39 is 6.23 Å². The van der Waals surface area contributed by atoms with Crippen LogP contribution in [0.3, 0.4) is 0 Å². The second-order valence-electron chi connectivity index (χ2n) is 9.46. The Kier molecular flexibility index (Phi) is 8.01. The van der Waals surface area contributed by atoms with Crippen LogP contribution >= 0.6 is 0 Å². The van der Waals surface area contributed by atoms with Crippen molar-refractivity contribution in [1.29, 1.82) is 0 Å². The first kappa shape index (κ1) is 25.1. The number of hydrogen-bond acceptors (Lipinski definition) is 4. The maximum Gasteiger partial charge on any atom is 0.260 e. The summed E-state index contributed by atoms with van der Waals surface area (Å²) in [5.74, 6) is -0.201. The largest absolute Gasteiger partial charge is 0.378 e. The summed E-state index contributed by atoms with van der Waals surface area (Å²) in [6.07, 6.45) is 2.80. The van der Waals surface area contributed by atoms with E-state index in [0.29, 0.717) is 17.7 Å². The van der Waals surface area contributed by atoms with E-state index in [1.165, 1.54) is 21.6 Å². The molecule has 0 bridgehead atoms. The number of carbonyl (C=O) groups excluding carboxylic acids is 1. The van der Waals surface area contributed by atoms with Crippen molar-refractivity contribution in [3.05, 3.63) is 101 Å². The van der Waals surface area contributed by atoms with E-state index in [1.807, 2.05) is 62.4 Å². The Morgan fingerprint density at radius 1 is 1.03 bits per heavy atom. The molecule has 0 fully saturated rings. The van der Waals surface area contributed by atoms with Crippen molar-refractivity contribution in [3.8, 4) is 0 Å². The number of amides is 1. The maximum atomic E-state index is 13.2. The van der Waals surface area contributed by atoms with E-state index in [0.717, 1.165) is 24.8 Å². The molecule has 2 N–H and O–H groups in total. The van der Waals surface area contributed by atoms with E-state index in [-0.39, 0.29) is 24.7 Å². The number of aliphatic hydroxyl groups excluding tert-OH is 2. The number of benzene rings is 3. The predicted molar refractivity (Wildman–Crippen MR) is 140 cm³/mol. The summed E-state index contributed by atoms with van der Waals surface area (Å²) in [6.45, 7) is 5.72. The molecule has 3 atom stereocenters. The lowest BCUT2D eigenvalue weighted by atomic mass is 9.85. The molecule has 0 saturated carbocycles. The second-order valence-corrected chi connectivity index (χ2v) is 9.46. The lowest BCUT2D eigenvalue weighted by molar-refractivity contribution is -0.0562. The minimum absolute atomic E-state index is 0.105. The number of anilines is 1. The Labute approximate surface area is 208 Å². The zero-order chi connectivity index (χ0) is 24.9. The van der Waals surface area contributed by atoms with Crippen molar-refractivity contribution in [2.75, 3.05) is 11.6 Å². The van der Waals surface area contributed by atoms with Gasteiger partial charge in [0.1, 0.15) is 13.0 Å². The Morgan fingerprint density at radius 3 is 2.43 bits per heavy atom. The van der Waals surface area contributed by atoms with Gasteiger partial charge >= 0.3 is 0 Å². The zero-order valence-corrected chi connectivity index (χ0v) is 20.9. The van der Waals surface area contributed by atoms with Crippen LogP contribution in [0.5, 0.6) is 0 Å². The summed E-state index contributed by atoms with van der Waals surface area (Å²) >= 11 is 0. The summed E-state index contributed by atoms with van der Waals surface area (Å²) in [7, 11) is 0. The smallest absolute Gasteiger partial charge is 0.260 e. The van der Waals surface area contributed by atoms with Gasteiger partial charge in [0.25, 0.3) is 5.91 Å². The van der Waals surface area contributed by atoms with Crippen LogP contribution in [0.1, 0.15) is 65.3 Å². The number of aryl methyl sites for hydroxylation is 2. The highest BCUT2D eigenvalue weighted by molar-refractivity contribution is 6.06. The van der Waals surface area contributed by atoms with E-state index in [9.17, 15) is 15.0 Å². The lowest BCUT2D eigenvalue weighted by Gasteiger charge is -2.42. The molecule has 0 aromatic heterocycles. The molecule has 0 aliphatic heterocycles. The van der Waals surface area contributed by atoms with Crippen molar-refractivity contribution >= 4 is 11.6 Å². The molecule has 35 heavy (non-hydrogen) atoms. The molecular formula is C30H36N2O3. The summed E-state index contributed by atoms with van der Waals surface area (Å²) in [4.78, 5) is 16.8. The first-order valence-corrected chi connectivity index (χ1v) is 12.5. The normalized spacial score (nSPS) is 17.0. The quantitative estimate of drug-likeness (QED) is 0.440. The topological polar surface area (TPSA) is 64.0 Å². The van der Waals surface area contributed by atoms with Gasteiger partial charge in [0.05, 0.1) is 0 Å². The Bertz CT molecular complexity index is 1150. The van der Waals surface area contributed by atoms with E-state index in [1.54, 1.807) is 6.07 Å². The third kappa shape index (κ3) is 5.32. The fourth-order valence-corrected chi connectivity index (χ4v) is 5.30. The van der Waals surface area contributed by atoms with Crippen LogP contribution in [-0.4, -0.2) is 40.0 Å². The van der Waals surface area contributed by atoms with Gasteiger partial charge in [-0.3, -0.25) is 14.6 Å². The molecule has 184 valence electrons. The molecule has 1 aliphatic carbocycles. The highest BCUT2D eigenvalue weighted by Gasteiger charge is 2.32. The molecule has 3 unspecified atom stereocenters. The van der Waals surface area contributed by atoms with Crippen molar-refractivity contribution in [2.24, 2.45) is 0 Å². The molecule has 0 spiro atoms. The van der Waals surface area contributed by atoms with Crippen LogP contribution in [0.25, 0.3) is 0 Å². The molecular weight excluding hydrogens is 436 g/mol. The van der Waals surface area contributed by atoms with Gasteiger partial charge in [-0.1, -0.05) is 61.5 Å². The molecule has 4 rings (SSSR count). The lowest BCUT2D eigenvalue weighted by Crippen LogP contribution is -2.47. The van der Waals surface area contributed by atoms with Crippen LogP contribution in [0.15, 0.2) is 72.8 Å². The molecule has 3 aromatic rings. The Balaban J connectivity index is 1.57. The van der Waals surface area contributed by atoms with Gasteiger partial charge in [-0.15, -0.1) is 0 Å². The number of rotatable bonds is 8. The third-order valence-corrected chi connectivity index (χ3v) is 7.33. The van der Waals surface area contributed by atoms with Crippen molar-refractivity contribution in [2.45, 2.75) is 64.8 Å². The summed E-state index contributed by atoms with van der Waals surface area (Å²) in [5, 5.41) is 21.0. The molecule has 5 heteroatoms.